The predicted octanol–water partition coefficient (Wildman–Crippen LogP) is 5.61. The molecule has 1 N–H and O–H groups in total. The predicted molar refractivity (Wildman–Crippen MR) is 121 cm³/mol. The van der Waals surface area contributed by atoms with E-state index in [1.807, 2.05) is 91.9 Å². The lowest BCUT2D eigenvalue weighted by Crippen LogP contribution is -2.19. The Morgan fingerprint density at radius 3 is 2.39 bits per heavy atom. The topological polar surface area (TPSA) is 77.2 Å². The van der Waals surface area contributed by atoms with E-state index in [9.17, 15) is 4.79 Å². The summed E-state index contributed by atoms with van der Waals surface area (Å²) in [6, 6.07) is 26.4. The van der Waals surface area contributed by atoms with Crippen LogP contribution in [0.25, 0.3) is 11.5 Å². The molecule has 0 bridgehead atoms. The van der Waals surface area contributed by atoms with Crippen molar-refractivity contribution in [2.45, 2.75) is 17.4 Å². The molecule has 0 unspecified atom stereocenters. The summed E-state index contributed by atoms with van der Waals surface area (Å²) in [6.45, 7) is 2.41. The number of thioether (sulfide) groups is 1. The number of rotatable bonds is 8. The highest BCUT2D eigenvalue weighted by Gasteiger charge is 2.26. The lowest BCUT2D eigenvalue weighted by atomic mass is 10.1. The van der Waals surface area contributed by atoms with E-state index in [-0.39, 0.29) is 5.91 Å². The molecule has 1 atom stereocenters. The Bertz CT molecular complexity index is 1130. The first kappa shape index (κ1) is 20.7. The minimum atomic E-state index is -0.583. The fourth-order valence-electron chi connectivity index (χ4n) is 3.01. The maximum atomic E-state index is 13.3. The van der Waals surface area contributed by atoms with E-state index in [0.29, 0.717) is 29.2 Å². The molecule has 4 rings (SSSR count). The summed E-state index contributed by atoms with van der Waals surface area (Å²) >= 11 is 1.21. The minimum Gasteiger partial charge on any atom is -0.492 e. The quantitative estimate of drug-likeness (QED) is 0.366. The van der Waals surface area contributed by atoms with Crippen LogP contribution in [0.15, 0.2) is 94.6 Å². The molecule has 156 valence electrons. The van der Waals surface area contributed by atoms with Crippen molar-refractivity contribution in [1.29, 1.82) is 0 Å². The molecule has 4 aromatic rings. The Kier molecular flexibility index (Phi) is 6.64. The normalized spacial score (nSPS) is 11.6. The van der Waals surface area contributed by atoms with Gasteiger partial charge in [0, 0.05) is 5.56 Å². The molecule has 0 aliphatic rings. The number of para-hydroxylation sites is 2. The molecule has 0 saturated carbocycles. The third-order valence-electron chi connectivity index (χ3n) is 4.43. The zero-order valence-corrected chi connectivity index (χ0v) is 17.7. The van der Waals surface area contributed by atoms with Gasteiger partial charge in [0.05, 0.1) is 12.3 Å². The molecule has 1 heterocycles. The van der Waals surface area contributed by atoms with Gasteiger partial charge in [0.2, 0.25) is 11.8 Å². The molecular weight excluding hydrogens is 410 g/mol. The second-order valence-corrected chi connectivity index (χ2v) is 7.62. The highest BCUT2D eigenvalue weighted by atomic mass is 32.2. The van der Waals surface area contributed by atoms with Crippen molar-refractivity contribution in [3.63, 3.8) is 0 Å². The van der Waals surface area contributed by atoms with Crippen LogP contribution in [0.2, 0.25) is 0 Å². The molecular formula is C24H21N3O3S. The number of carbonyl (C=O) groups is 1. The Morgan fingerprint density at radius 1 is 0.968 bits per heavy atom. The van der Waals surface area contributed by atoms with Crippen LogP contribution in [0.4, 0.5) is 5.69 Å². The number of nitrogens with zero attached hydrogens (tertiary/aromatic N) is 2. The number of amides is 1. The summed E-state index contributed by atoms with van der Waals surface area (Å²) in [7, 11) is 0. The third kappa shape index (κ3) is 5.13. The molecule has 0 spiro atoms. The monoisotopic (exact) mass is 431 g/mol. The molecule has 0 saturated heterocycles. The van der Waals surface area contributed by atoms with Gasteiger partial charge in [-0.2, -0.15) is 0 Å². The first-order valence-electron chi connectivity index (χ1n) is 9.88. The summed E-state index contributed by atoms with van der Waals surface area (Å²) in [6.07, 6.45) is 0. The van der Waals surface area contributed by atoms with Gasteiger partial charge >= 0.3 is 0 Å². The van der Waals surface area contributed by atoms with Gasteiger partial charge < -0.3 is 14.5 Å². The van der Waals surface area contributed by atoms with E-state index in [0.717, 1.165) is 11.1 Å². The summed E-state index contributed by atoms with van der Waals surface area (Å²) in [5, 5.41) is 11.0. The van der Waals surface area contributed by atoms with Gasteiger partial charge in [-0.15, -0.1) is 10.2 Å². The molecule has 3 aromatic carbocycles. The average molecular weight is 432 g/mol. The molecule has 0 aliphatic carbocycles. The van der Waals surface area contributed by atoms with Gasteiger partial charge in [-0.1, -0.05) is 60.7 Å². The van der Waals surface area contributed by atoms with Crippen LogP contribution in [0.1, 0.15) is 17.7 Å². The van der Waals surface area contributed by atoms with Crippen LogP contribution in [0.5, 0.6) is 5.75 Å². The van der Waals surface area contributed by atoms with E-state index in [4.69, 9.17) is 9.15 Å². The van der Waals surface area contributed by atoms with Crippen molar-refractivity contribution >= 4 is 23.4 Å². The molecule has 0 radical (unpaired) electrons. The largest absolute Gasteiger partial charge is 0.492 e. The van der Waals surface area contributed by atoms with E-state index in [1.54, 1.807) is 0 Å². The van der Waals surface area contributed by atoms with Gasteiger partial charge in [0.1, 0.15) is 11.0 Å². The molecule has 31 heavy (non-hydrogen) atoms. The van der Waals surface area contributed by atoms with Crippen molar-refractivity contribution in [3.8, 4) is 17.2 Å². The van der Waals surface area contributed by atoms with Crippen LogP contribution < -0.4 is 10.1 Å². The van der Waals surface area contributed by atoms with Gasteiger partial charge in [-0.3, -0.25) is 4.79 Å². The number of hydrogen-bond acceptors (Lipinski definition) is 6. The fraction of sp³-hybridized carbons (Fsp3) is 0.125. The molecule has 7 heteroatoms. The number of nitrogens with one attached hydrogen (secondary N) is 1. The van der Waals surface area contributed by atoms with Crippen molar-refractivity contribution < 1.29 is 13.9 Å². The third-order valence-corrected chi connectivity index (χ3v) is 5.52. The van der Waals surface area contributed by atoms with Crippen LogP contribution in [-0.4, -0.2) is 22.7 Å². The summed E-state index contributed by atoms with van der Waals surface area (Å²) in [5.41, 5.74) is 2.28. The van der Waals surface area contributed by atoms with Crippen LogP contribution in [-0.2, 0) is 4.79 Å². The first-order valence-corrected chi connectivity index (χ1v) is 10.8. The SMILES string of the molecule is CCOc1ccccc1NC(=O)[C@@H](Sc1nnc(-c2ccccc2)o1)c1ccccc1. The highest BCUT2D eigenvalue weighted by Crippen LogP contribution is 2.37. The summed E-state index contributed by atoms with van der Waals surface area (Å²) in [4.78, 5) is 13.3. The molecule has 0 fully saturated rings. The number of carbonyl (C=O) groups excluding carboxylic acids is 1. The van der Waals surface area contributed by atoms with Crippen molar-refractivity contribution in [3.05, 3.63) is 90.5 Å². The number of ether oxygens (including phenoxy) is 1. The number of hydrogen-bond donors (Lipinski definition) is 1. The Balaban J connectivity index is 1.59. The number of benzene rings is 3. The van der Waals surface area contributed by atoms with E-state index in [1.165, 1.54) is 11.8 Å². The second kappa shape index (κ2) is 9.95. The zero-order chi connectivity index (χ0) is 21.5. The fourth-order valence-corrected chi connectivity index (χ4v) is 3.88. The lowest BCUT2D eigenvalue weighted by molar-refractivity contribution is -0.115. The molecule has 0 aliphatic heterocycles. The zero-order valence-electron chi connectivity index (χ0n) is 16.9. The average Bonchev–Trinajstić information content (AvgIpc) is 3.29. The maximum absolute atomic E-state index is 13.3. The van der Waals surface area contributed by atoms with Gasteiger partial charge in [-0.05, 0) is 48.5 Å². The summed E-state index contributed by atoms with van der Waals surface area (Å²) in [5.74, 6) is 0.833. The number of anilines is 1. The second-order valence-electron chi connectivity index (χ2n) is 6.57. The number of aromatic nitrogens is 2. The Hall–Kier alpha value is -3.58. The standard InChI is InChI=1S/C24H21N3O3S/c1-2-29-20-16-10-9-15-19(20)25-22(28)21(17-11-5-3-6-12-17)31-24-27-26-23(30-24)18-13-7-4-8-14-18/h3-16,21H,2H2,1H3,(H,25,28)/t21-/m0/s1. The van der Waals surface area contributed by atoms with Crippen molar-refractivity contribution in [1.82, 2.24) is 10.2 Å². The summed E-state index contributed by atoms with van der Waals surface area (Å²) < 4.78 is 11.5. The highest BCUT2D eigenvalue weighted by molar-refractivity contribution is 8.00. The Morgan fingerprint density at radius 2 is 1.65 bits per heavy atom. The van der Waals surface area contributed by atoms with Gasteiger partial charge in [0.15, 0.2) is 0 Å². The van der Waals surface area contributed by atoms with Crippen molar-refractivity contribution in [2.24, 2.45) is 0 Å². The lowest BCUT2D eigenvalue weighted by Gasteiger charge is -2.17. The Labute approximate surface area is 184 Å². The van der Waals surface area contributed by atoms with E-state index >= 15 is 0 Å². The van der Waals surface area contributed by atoms with Crippen LogP contribution >= 0.6 is 11.8 Å². The van der Waals surface area contributed by atoms with Crippen LogP contribution in [0, 0.1) is 0 Å². The van der Waals surface area contributed by atoms with E-state index < -0.39 is 5.25 Å². The van der Waals surface area contributed by atoms with Gasteiger partial charge in [-0.25, -0.2) is 0 Å². The molecule has 1 amide bonds. The smallest absolute Gasteiger partial charge is 0.277 e. The molecule has 6 nitrogen and oxygen atoms in total. The minimum absolute atomic E-state index is 0.206. The van der Waals surface area contributed by atoms with Crippen LogP contribution in [0.3, 0.4) is 0 Å². The van der Waals surface area contributed by atoms with Crippen molar-refractivity contribution in [2.75, 3.05) is 11.9 Å². The van der Waals surface area contributed by atoms with Gasteiger partial charge in [0.25, 0.3) is 5.22 Å². The van der Waals surface area contributed by atoms with E-state index in [2.05, 4.69) is 15.5 Å². The molecule has 1 aromatic heterocycles. The first-order chi connectivity index (χ1) is 15.2. The maximum Gasteiger partial charge on any atom is 0.277 e.